The van der Waals surface area contributed by atoms with Gasteiger partial charge >= 0.3 is 6.18 Å². The summed E-state index contributed by atoms with van der Waals surface area (Å²) in [6.45, 7) is 6.32. The van der Waals surface area contributed by atoms with Crippen molar-refractivity contribution < 1.29 is 13.2 Å². The molecule has 1 N–H and O–H groups in total. The molecule has 0 radical (unpaired) electrons. The van der Waals surface area contributed by atoms with Gasteiger partial charge in [-0.05, 0) is 39.0 Å². The first-order valence-electron chi connectivity index (χ1n) is 6.75. The second kappa shape index (κ2) is 4.37. The zero-order chi connectivity index (χ0) is 13.6. The largest absolute Gasteiger partial charge is 0.401 e. The van der Waals surface area contributed by atoms with Crippen LogP contribution in [0.3, 0.4) is 0 Å². The molecule has 1 saturated heterocycles. The molecule has 106 valence electrons. The molecule has 2 aliphatic rings. The van der Waals surface area contributed by atoms with Crippen LogP contribution in [0.5, 0.6) is 0 Å². The van der Waals surface area contributed by atoms with E-state index >= 15 is 0 Å². The molecule has 0 bridgehead atoms. The van der Waals surface area contributed by atoms with Crippen LogP contribution in [0.4, 0.5) is 13.2 Å². The van der Waals surface area contributed by atoms with Gasteiger partial charge in [-0.2, -0.15) is 13.2 Å². The van der Waals surface area contributed by atoms with Gasteiger partial charge in [0.05, 0.1) is 6.54 Å². The lowest BCUT2D eigenvalue weighted by molar-refractivity contribution is -0.167. The molecule has 5 heteroatoms. The van der Waals surface area contributed by atoms with Gasteiger partial charge in [0.2, 0.25) is 0 Å². The molecule has 0 aromatic rings. The molecule has 2 unspecified atom stereocenters. The van der Waals surface area contributed by atoms with Crippen molar-refractivity contribution in [3.05, 3.63) is 0 Å². The van der Waals surface area contributed by atoms with Gasteiger partial charge < -0.3 is 5.32 Å². The first-order valence-corrected chi connectivity index (χ1v) is 6.75. The third-order valence-corrected chi connectivity index (χ3v) is 4.77. The fraction of sp³-hybridized carbons (Fsp3) is 1.00. The summed E-state index contributed by atoms with van der Waals surface area (Å²) in [7, 11) is 0. The Balaban J connectivity index is 2.13. The Morgan fingerprint density at radius 2 is 1.89 bits per heavy atom. The van der Waals surface area contributed by atoms with Crippen LogP contribution in [0, 0.1) is 5.92 Å². The van der Waals surface area contributed by atoms with Crippen molar-refractivity contribution in [2.45, 2.75) is 57.3 Å². The second-order valence-corrected chi connectivity index (χ2v) is 6.37. The summed E-state index contributed by atoms with van der Waals surface area (Å²) in [4.78, 5) is 1.64. The van der Waals surface area contributed by atoms with E-state index in [2.05, 4.69) is 12.2 Å². The molecule has 1 aliphatic carbocycles. The van der Waals surface area contributed by atoms with Gasteiger partial charge in [0, 0.05) is 24.2 Å². The van der Waals surface area contributed by atoms with Crippen LogP contribution in [0.15, 0.2) is 0 Å². The summed E-state index contributed by atoms with van der Waals surface area (Å²) in [6, 6.07) is 0. The number of rotatable bonds is 3. The number of hydrogen-bond acceptors (Lipinski definition) is 2. The smallest absolute Gasteiger partial charge is 0.308 e. The highest BCUT2D eigenvalue weighted by Crippen LogP contribution is 2.43. The Hall–Kier alpha value is -0.290. The van der Waals surface area contributed by atoms with Crippen LogP contribution in [0.2, 0.25) is 0 Å². The zero-order valence-corrected chi connectivity index (χ0v) is 11.4. The fourth-order valence-corrected chi connectivity index (χ4v) is 2.95. The molecular formula is C13H23F3N2. The van der Waals surface area contributed by atoms with Crippen LogP contribution in [0.25, 0.3) is 0 Å². The summed E-state index contributed by atoms with van der Waals surface area (Å²) >= 11 is 0. The molecule has 1 saturated carbocycles. The molecule has 0 aromatic heterocycles. The van der Waals surface area contributed by atoms with Crippen molar-refractivity contribution in [1.82, 2.24) is 10.2 Å². The molecule has 18 heavy (non-hydrogen) atoms. The van der Waals surface area contributed by atoms with E-state index in [4.69, 9.17) is 0 Å². The highest BCUT2D eigenvalue weighted by Gasteiger charge is 2.51. The first kappa shape index (κ1) is 14.1. The van der Waals surface area contributed by atoms with Gasteiger partial charge in [-0.3, -0.25) is 4.90 Å². The minimum absolute atomic E-state index is 0.139. The minimum atomic E-state index is -4.11. The molecule has 2 atom stereocenters. The van der Waals surface area contributed by atoms with E-state index in [9.17, 15) is 13.2 Å². The summed E-state index contributed by atoms with van der Waals surface area (Å²) in [6.07, 6.45) is -1.09. The van der Waals surface area contributed by atoms with Crippen molar-refractivity contribution in [1.29, 1.82) is 0 Å². The summed E-state index contributed by atoms with van der Waals surface area (Å²) in [5.41, 5.74) is -0.524. The lowest BCUT2D eigenvalue weighted by Crippen LogP contribution is -2.69. The molecular weight excluding hydrogens is 241 g/mol. The average molecular weight is 264 g/mol. The van der Waals surface area contributed by atoms with E-state index in [1.807, 2.05) is 13.8 Å². The van der Waals surface area contributed by atoms with Gasteiger partial charge in [0.25, 0.3) is 0 Å². The second-order valence-electron chi connectivity index (χ2n) is 6.37. The number of hydrogen-bond donors (Lipinski definition) is 1. The predicted molar refractivity (Wildman–Crippen MR) is 65.5 cm³/mol. The normalized spacial score (nSPS) is 39.0. The maximum atomic E-state index is 12.7. The Kier molecular flexibility index (Phi) is 3.43. The van der Waals surface area contributed by atoms with Gasteiger partial charge in [-0.25, -0.2) is 0 Å². The molecule has 0 aromatic carbocycles. The minimum Gasteiger partial charge on any atom is -0.308 e. The molecule has 2 fully saturated rings. The molecule has 1 heterocycles. The van der Waals surface area contributed by atoms with Crippen LogP contribution in [0.1, 0.15) is 40.0 Å². The number of piperazine rings is 1. The van der Waals surface area contributed by atoms with Gasteiger partial charge in [0.1, 0.15) is 0 Å². The number of halogens is 3. The average Bonchev–Trinajstić information content (AvgIpc) is 3.06. The molecule has 2 nitrogen and oxygen atoms in total. The highest BCUT2D eigenvalue weighted by molar-refractivity contribution is 5.07. The maximum Gasteiger partial charge on any atom is 0.401 e. The molecule has 1 aliphatic heterocycles. The van der Waals surface area contributed by atoms with Crippen LogP contribution < -0.4 is 5.32 Å². The van der Waals surface area contributed by atoms with E-state index in [-0.39, 0.29) is 11.1 Å². The zero-order valence-electron chi connectivity index (χ0n) is 11.4. The lowest BCUT2D eigenvalue weighted by atomic mass is 9.84. The molecule has 2 rings (SSSR count). The number of nitrogens with one attached hydrogen (secondary N) is 1. The van der Waals surface area contributed by atoms with Crippen LogP contribution in [-0.2, 0) is 0 Å². The Morgan fingerprint density at radius 3 is 2.33 bits per heavy atom. The van der Waals surface area contributed by atoms with E-state index < -0.39 is 12.7 Å². The quantitative estimate of drug-likeness (QED) is 0.843. The van der Waals surface area contributed by atoms with Crippen LogP contribution >= 0.6 is 0 Å². The van der Waals surface area contributed by atoms with Gasteiger partial charge in [-0.15, -0.1) is 0 Å². The van der Waals surface area contributed by atoms with Crippen molar-refractivity contribution in [2.75, 3.05) is 19.6 Å². The summed E-state index contributed by atoms with van der Waals surface area (Å²) < 4.78 is 38.2. The Labute approximate surface area is 107 Å². The van der Waals surface area contributed by atoms with Crippen molar-refractivity contribution >= 4 is 0 Å². The topological polar surface area (TPSA) is 15.3 Å². The number of alkyl halides is 3. The number of nitrogens with zero attached hydrogens (tertiary/aromatic N) is 1. The van der Waals surface area contributed by atoms with E-state index in [1.54, 1.807) is 4.90 Å². The van der Waals surface area contributed by atoms with Crippen molar-refractivity contribution in [2.24, 2.45) is 5.92 Å². The molecule has 0 amide bonds. The van der Waals surface area contributed by atoms with Gasteiger partial charge in [-0.1, -0.05) is 6.92 Å². The van der Waals surface area contributed by atoms with Crippen LogP contribution in [-0.4, -0.2) is 41.8 Å². The predicted octanol–water partition coefficient (Wildman–Crippen LogP) is 2.79. The van der Waals surface area contributed by atoms with E-state index in [0.717, 1.165) is 19.3 Å². The van der Waals surface area contributed by atoms with Crippen molar-refractivity contribution in [3.8, 4) is 0 Å². The lowest BCUT2D eigenvalue weighted by Gasteiger charge is -2.52. The van der Waals surface area contributed by atoms with Crippen molar-refractivity contribution in [3.63, 3.8) is 0 Å². The Morgan fingerprint density at radius 1 is 1.28 bits per heavy atom. The Bertz CT molecular complexity index is 314. The van der Waals surface area contributed by atoms with Gasteiger partial charge in [0.15, 0.2) is 0 Å². The monoisotopic (exact) mass is 264 g/mol. The first-order chi connectivity index (χ1) is 8.19. The third-order valence-electron chi connectivity index (χ3n) is 4.77. The SMILES string of the molecule is CCC1(C)CNC(C)(C2CC2)CN1CC(F)(F)F. The summed E-state index contributed by atoms with van der Waals surface area (Å²) in [5.74, 6) is 0.551. The molecule has 0 spiro atoms. The highest BCUT2D eigenvalue weighted by atomic mass is 19.4. The standard InChI is InChI=1S/C13H23F3N2/c1-4-11(2)7-17-12(3,10-5-6-10)8-18(11)9-13(14,15)16/h10,17H,4-9H2,1-3H3. The van der Waals surface area contributed by atoms with E-state index in [1.165, 1.54) is 0 Å². The third kappa shape index (κ3) is 2.82. The maximum absolute atomic E-state index is 12.7. The summed E-state index contributed by atoms with van der Waals surface area (Å²) in [5, 5.41) is 3.51. The fourth-order valence-electron chi connectivity index (χ4n) is 2.95. The van der Waals surface area contributed by atoms with E-state index in [0.29, 0.717) is 19.0 Å².